The van der Waals surface area contributed by atoms with E-state index >= 15 is 0 Å². The number of amides is 1. The first-order valence-corrected chi connectivity index (χ1v) is 6.56. The predicted octanol–water partition coefficient (Wildman–Crippen LogP) is 1.74. The summed E-state index contributed by atoms with van der Waals surface area (Å²) in [6.45, 7) is 4.53. The number of rotatable bonds is 4. The second-order valence-electron chi connectivity index (χ2n) is 4.98. The average Bonchev–Trinajstić information content (AvgIpc) is 2.67. The van der Waals surface area contributed by atoms with Gasteiger partial charge in [0.2, 0.25) is 5.91 Å². The zero-order valence-electron chi connectivity index (χ0n) is 12.1. The molecule has 0 aliphatic carbocycles. The lowest BCUT2D eigenvalue weighted by Gasteiger charge is -2.17. The SMILES string of the molecule is Cc1nn(CC(=O)N(C)Cc2ccccc2)c(C)c1N. The van der Waals surface area contributed by atoms with Crippen molar-refractivity contribution in [2.75, 3.05) is 12.8 Å². The van der Waals surface area contributed by atoms with Crippen LogP contribution < -0.4 is 5.73 Å². The maximum atomic E-state index is 12.2. The fourth-order valence-corrected chi connectivity index (χ4v) is 2.06. The van der Waals surface area contributed by atoms with E-state index in [0.29, 0.717) is 12.2 Å². The van der Waals surface area contributed by atoms with Crippen molar-refractivity contribution in [2.24, 2.45) is 0 Å². The maximum Gasteiger partial charge on any atom is 0.244 e. The van der Waals surface area contributed by atoms with E-state index in [1.54, 1.807) is 16.6 Å². The van der Waals surface area contributed by atoms with Crippen LogP contribution >= 0.6 is 0 Å². The topological polar surface area (TPSA) is 64.2 Å². The third kappa shape index (κ3) is 2.99. The van der Waals surface area contributed by atoms with Gasteiger partial charge < -0.3 is 10.6 Å². The molecule has 0 atom stereocenters. The third-order valence-electron chi connectivity index (χ3n) is 3.41. The number of carbonyl (C=O) groups is 1. The molecule has 5 heteroatoms. The van der Waals surface area contributed by atoms with Crippen molar-refractivity contribution >= 4 is 11.6 Å². The molecule has 0 fully saturated rings. The Hall–Kier alpha value is -2.30. The lowest BCUT2D eigenvalue weighted by atomic mass is 10.2. The molecule has 5 nitrogen and oxygen atoms in total. The van der Waals surface area contributed by atoms with Gasteiger partial charge in [-0.15, -0.1) is 0 Å². The van der Waals surface area contributed by atoms with Crippen molar-refractivity contribution in [3.05, 3.63) is 47.3 Å². The molecule has 2 N–H and O–H groups in total. The maximum absolute atomic E-state index is 12.2. The van der Waals surface area contributed by atoms with E-state index in [9.17, 15) is 4.79 Å². The van der Waals surface area contributed by atoms with E-state index in [-0.39, 0.29) is 12.5 Å². The molecule has 106 valence electrons. The van der Waals surface area contributed by atoms with Crippen LogP contribution in [-0.2, 0) is 17.9 Å². The van der Waals surface area contributed by atoms with Gasteiger partial charge in [0.15, 0.2) is 0 Å². The highest BCUT2D eigenvalue weighted by Crippen LogP contribution is 2.15. The molecule has 0 aliphatic heterocycles. The third-order valence-corrected chi connectivity index (χ3v) is 3.41. The normalized spacial score (nSPS) is 10.6. The Bertz CT molecular complexity index is 604. The highest BCUT2D eigenvalue weighted by molar-refractivity contribution is 5.76. The van der Waals surface area contributed by atoms with Gasteiger partial charge in [0, 0.05) is 13.6 Å². The quantitative estimate of drug-likeness (QED) is 0.922. The number of nitrogens with zero attached hydrogens (tertiary/aromatic N) is 3. The molecular weight excluding hydrogens is 252 g/mol. The van der Waals surface area contributed by atoms with Gasteiger partial charge in [0.1, 0.15) is 6.54 Å². The van der Waals surface area contributed by atoms with Gasteiger partial charge >= 0.3 is 0 Å². The molecule has 0 bridgehead atoms. The van der Waals surface area contributed by atoms with Crippen molar-refractivity contribution in [2.45, 2.75) is 26.9 Å². The molecule has 1 aromatic heterocycles. The van der Waals surface area contributed by atoms with Crippen molar-refractivity contribution in [1.29, 1.82) is 0 Å². The van der Waals surface area contributed by atoms with Gasteiger partial charge in [-0.2, -0.15) is 5.10 Å². The summed E-state index contributed by atoms with van der Waals surface area (Å²) < 4.78 is 1.66. The van der Waals surface area contributed by atoms with E-state index in [2.05, 4.69) is 5.10 Å². The minimum absolute atomic E-state index is 0.0134. The molecule has 20 heavy (non-hydrogen) atoms. The van der Waals surface area contributed by atoms with E-state index < -0.39 is 0 Å². The summed E-state index contributed by atoms with van der Waals surface area (Å²) in [6.07, 6.45) is 0. The van der Waals surface area contributed by atoms with Gasteiger partial charge in [0.05, 0.1) is 17.1 Å². The second kappa shape index (κ2) is 5.77. The van der Waals surface area contributed by atoms with Crippen molar-refractivity contribution in [3.63, 3.8) is 0 Å². The molecule has 1 heterocycles. The van der Waals surface area contributed by atoms with Crippen LogP contribution in [0, 0.1) is 13.8 Å². The first kappa shape index (κ1) is 14.1. The number of aryl methyl sites for hydroxylation is 1. The van der Waals surface area contributed by atoms with Gasteiger partial charge in [-0.05, 0) is 19.4 Å². The number of hydrogen-bond donors (Lipinski definition) is 1. The number of benzene rings is 1. The molecule has 1 aromatic carbocycles. The highest BCUT2D eigenvalue weighted by Gasteiger charge is 2.14. The Morgan fingerprint density at radius 2 is 1.95 bits per heavy atom. The summed E-state index contributed by atoms with van der Waals surface area (Å²) in [5, 5.41) is 4.28. The molecule has 1 amide bonds. The Labute approximate surface area is 119 Å². The van der Waals surface area contributed by atoms with E-state index in [1.165, 1.54) is 0 Å². The molecule has 0 spiro atoms. The van der Waals surface area contributed by atoms with E-state index in [0.717, 1.165) is 17.0 Å². The zero-order chi connectivity index (χ0) is 14.7. The molecule has 0 aliphatic rings. The van der Waals surface area contributed by atoms with Crippen molar-refractivity contribution in [3.8, 4) is 0 Å². The number of carbonyl (C=O) groups excluding carboxylic acids is 1. The minimum Gasteiger partial charge on any atom is -0.396 e. The number of hydrogen-bond acceptors (Lipinski definition) is 3. The fraction of sp³-hybridized carbons (Fsp3) is 0.333. The first-order valence-electron chi connectivity index (χ1n) is 6.56. The predicted molar refractivity (Wildman–Crippen MR) is 79.0 cm³/mol. The molecule has 2 rings (SSSR count). The number of nitrogens with two attached hydrogens (primary N) is 1. The molecular formula is C15H20N4O. The summed E-state index contributed by atoms with van der Waals surface area (Å²) in [4.78, 5) is 13.9. The van der Waals surface area contributed by atoms with Crippen LogP contribution in [0.25, 0.3) is 0 Å². The van der Waals surface area contributed by atoms with Crippen LogP contribution in [0.15, 0.2) is 30.3 Å². The fourth-order valence-electron chi connectivity index (χ4n) is 2.06. The Morgan fingerprint density at radius 3 is 2.50 bits per heavy atom. The molecule has 2 aromatic rings. The average molecular weight is 272 g/mol. The number of anilines is 1. The van der Waals surface area contributed by atoms with Crippen LogP contribution in [-0.4, -0.2) is 27.6 Å². The summed E-state index contributed by atoms with van der Waals surface area (Å²) in [7, 11) is 1.80. The summed E-state index contributed by atoms with van der Waals surface area (Å²) in [6, 6.07) is 9.91. The van der Waals surface area contributed by atoms with Crippen LogP contribution in [0.3, 0.4) is 0 Å². The Kier molecular flexibility index (Phi) is 4.08. The Balaban J connectivity index is 2.02. The summed E-state index contributed by atoms with van der Waals surface area (Å²) in [5.41, 5.74) is 9.24. The second-order valence-corrected chi connectivity index (χ2v) is 4.98. The number of likely N-dealkylation sites (N-methyl/N-ethyl adjacent to an activating group) is 1. The molecule has 0 radical (unpaired) electrons. The van der Waals surface area contributed by atoms with Crippen LogP contribution in [0.2, 0.25) is 0 Å². The van der Waals surface area contributed by atoms with Gasteiger partial charge in [-0.1, -0.05) is 30.3 Å². The van der Waals surface area contributed by atoms with Crippen LogP contribution in [0.1, 0.15) is 17.0 Å². The summed E-state index contributed by atoms with van der Waals surface area (Å²) >= 11 is 0. The van der Waals surface area contributed by atoms with Gasteiger partial charge in [0.25, 0.3) is 0 Å². The number of aromatic nitrogens is 2. The lowest BCUT2D eigenvalue weighted by molar-refractivity contribution is -0.131. The first-order chi connectivity index (χ1) is 9.49. The van der Waals surface area contributed by atoms with E-state index in [1.807, 2.05) is 44.2 Å². The van der Waals surface area contributed by atoms with Crippen LogP contribution in [0.4, 0.5) is 5.69 Å². The zero-order valence-corrected chi connectivity index (χ0v) is 12.1. The molecule has 0 unspecified atom stereocenters. The Morgan fingerprint density at radius 1 is 1.30 bits per heavy atom. The van der Waals surface area contributed by atoms with Gasteiger partial charge in [-0.25, -0.2) is 0 Å². The van der Waals surface area contributed by atoms with Gasteiger partial charge in [-0.3, -0.25) is 9.48 Å². The minimum atomic E-state index is 0.0134. The van der Waals surface area contributed by atoms with E-state index in [4.69, 9.17) is 5.73 Å². The lowest BCUT2D eigenvalue weighted by Crippen LogP contribution is -2.30. The molecule has 0 saturated heterocycles. The van der Waals surface area contributed by atoms with Crippen molar-refractivity contribution < 1.29 is 4.79 Å². The monoisotopic (exact) mass is 272 g/mol. The summed E-state index contributed by atoms with van der Waals surface area (Å²) in [5.74, 6) is 0.0134. The van der Waals surface area contributed by atoms with Crippen molar-refractivity contribution in [1.82, 2.24) is 14.7 Å². The largest absolute Gasteiger partial charge is 0.396 e. The smallest absolute Gasteiger partial charge is 0.244 e. The highest BCUT2D eigenvalue weighted by atomic mass is 16.2. The molecule has 0 saturated carbocycles. The van der Waals surface area contributed by atoms with Crippen LogP contribution in [0.5, 0.6) is 0 Å². The number of nitrogen functional groups attached to an aromatic ring is 1. The standard InChI is InChI=1S/C15H20N4O/c1-11-15(16)12(2)19(17-11)10-14(20)18(3)9-13-7-5-4-6-8-13/h4-8H,9-10,16H2,1-3H3.